The zero-order chi connectivity index (χ0) is 14.8. The first kappa shape index (κ1) is 16.5. The highest BCUT2D eigenvalue weighted by Crippen LogP contribution is 2.12. The maximum absolute atomic E-state index is 12.0. The van der Waals surface area contributed by atoms with E-state index in [4.69, 9.17) is 14.6 Å². The number of benzene rings is 1. The van der Waals surface area contributed by atoms with Gasteiger partial charge in [0.05, 0.1) is 13.2 Å². The van der Waals surface area contributed by atoms with Crippen LogP contribution in [0.1, 0.15) is 12.5 Å². The predicted molar refractivity (Wildman–Crippen MR) is 76.9 cm³/mol. The van der Waals surface area contributed by atoms with Gasteiger partial charge in [0.15, 0.2) is 6.61 Å². The number of aliphatic hydroxyl groups excluding tert-OH is 1. The van der Waals surface area contributed by atoms with E-state index < -0.39 is 0 Å². The Balaban J connectivity index is 2.46. The first-order chi connectivity index (χ1) is 9.71. The van der Waals surface area contributed by atoms with Crippen LogP contribution in [0, 0.1) is 0 Å². The van der Waals surface area contributed by atoms with Gasteiger partial charge >= 0.3 is 0 Å². The molecule has 5 heteroatoms. The van der Waals surface area contributed by atoms with Crippen LogP contribution >= 0.6 is 0 Å². The van der Waals surface area contributed by atoms with Gasteiger partial charge in [-0.15, -0.1) is 0 Å². The minimum Gasteiger partial charge on any atom is -0.484 e. The molecule has 0 spiro atoms. The lowest BCUT2D eigenvalue weighted by molar-refractivity contribution is -0.134. The highest BCUT2D eigenvalue weighted by Gasteiger charge is 2.13. The molecule has 1 rings (SSSR count). The number of nitrogens with zero attached hydrogens (tertiary/aromatic N) is 1. The van der Waals surface area contributed by atoms with E-state index in [-0.39, 0.29) is 19.1 Å². The Labute approximate surface area is 120 Å². The number of amides is 1. The number of methoxy groups -OCH3 is 1. The maximum atomic E-state index is 12.0. The number of aryl methyl sites for hydroxylation is 1. The number of carbonyl (C=O) groups is 1. The third-order valence-corrected chi connectivity index (χ3v) is 2.98. The molecule has 0 aliphatic heterocycles. The molecule has 0 saturated heterocycles. The van der Waals surface area contributed by atoms with Gasteiger partial charge in [0.2, 0.25) is 0 Å². The van der Waals surface area contributed by atoms with E-state index in [1.54, 1.807) is 7.11 Å². The van der Waals surface area contributed by atoms with Gasteiger partial charge in [-0.1, -0.05) is 19.1 Å². The largest absolute Gasteiger partial charge is 0.484 e. The average Bonchev–Trinajstić information content (AvgIpc) is 2.49. The van der Waals surface area contributed by atoms with Crippen molar-refractivity contribution in [2.45, 2.75) is 13.3 Å². The highest BCUT2D eigenvalue weighted by molar-refractivity contribution is 5.77. The molecule has 0 aliphatic carbocycles. The van der Waals surface area contributed by atoms with E-state index in [0.29, 0.717) is 25.4 Å². The zero-order valence-electron chi connectivity index (χ0n) is 12.2. The summed E-state index contributed by atoms with van der Waals surface area (Å²) in [5, 5.41) is 8.95. The monoisotopic (exact) mass is 281 g/mol. The third-order valence-electron chi connectivity index (χ3n) is 2.98. The molecule has 0 heterocycles. The van der Waals surface area contributed by atoms with E-state index in [1.165, 1.54) is 10.5 Å². The van der Waals surface area contributed by atoms with Crippen molar-refractivity contribution in [1.29, 1.82) is 0 Å². The van der Waals surface area contributed by atoms with Crippen LogP contribution in [-0.2, 0) is 16.0 Å². The van der Waals surface area contributed by atoms with Crippen molar-refractivity contribution in [3.05, 3.63) is 29.8 Å². The number of hydrogen-bond donors (Lipinski definition) is 1. The quantitative estimate of drug-likeness (QED) is 0.736. The molecule has 0 fully saturated rings. The van der Waals surface area contributed by atoms with Crippen LogP contribution in [0.3, 0.4) is 0 Å². The van der Waals surface area contributed by atoms with E-state index >= 15 is 0 Å². The fourth-order valence-electron chi connectivity index (χ4n) is 1.74. The minimum atomic E-state index is -0.157. The molecule has 0 bridgehead atoms. The standard InChI is InChI=1S/C15H23NO4/c1-3-13-4-6-14(7-5-13)20-12-15(18)16(8-10-17)9-11-19-2/h4-7,17H,3,8-12H2,1-2H3. The second kappa shape index (κ2) is 9.34. The van der Waals surface area contributed by atoms with Crippen LogP contribution < -0.4 is 4.74 Å². The number of aliphatic hydroxyl groups is 1. The van der Waals surface area contributed by atoms with Crippen LogP contribution in [0.4, 0.5) is 0 Å². The molecule has 0 aliphatic rings. The maximum Gasteiger partial charge on any atom is 0.260 e. The molecule has 1 aromatic carbocycles. The minimum absolute atomic E-state index is 0.0326. The molecule has 1 aromatic rings. The van der Waals surface area contributed by atoms with Crippen LogP contribution in [0.5, 0.6) is 5.75 Å². The smallest absolute Gasteiger partial charge is 0.260 e. The fraction of sp³-hybridized carbons (Fsp3) is 0.533. The number of hydrogen-bond acceptors (Lipinski definition) is 4. The summed E-state index contributed by atoms with van der Waals surface area (Å²) in [7, 11) is 1.58. The van der Waals surface area contributed by atoms with Crippen molar-refractivity contribution in [2.75, 3.05) is 40.0 Å². The Kier molecular flexibility index (Phi) is 7.69. The summed E-state index contributed by atoms with van der Waals surface area (Å²) in [5.74, 6) is 0.516. The van der Waals surface area contributed by atoms with Gasteiger partial charge in [0, 0.05) is 20.2 Å². The van der Waals surface area contributed by atoms with Gasteiger partial charge in [-0.2, -0.15) is 0 Å². The lowest BCUT2D eigenvalue weighted by Crippen LogP contribution is -2.39. The first-order valence-electron chi connectivity index (χ1n) is 6.80. The molecule has 0 radical (unpaired) electrons. The van der Waals surface area contributed by atoms with Crippen molar-refractivity contribution in [2.24, 2.45) is 0 Å². The molecule has 0 unspecified atom stereocenters. The van der Waals surface area contributed by atoms with Gasteiger partial charge in [0.1, 0.15) is 5.75 Å². The second-order valence-electron chi connectivity index (χ2n) is 4.38. The summed E-state index contributed by atoms with van der Waals surface area (Å²) in [4.78, 5) is 13.5. The van der Waals surface area contributed by atoms with E-state index in [1.807, 2.05) is 24.3 Å². The Morgan fingerprint density at radius 1 is 1.25 bits per heavy atom. The molecular weight excluding hydrogens is 258 g/mol. The van der Waals surface area contributed by atoms with Crippen molar-refractivity contribution >= 4 is 5.91 Å². The number of carbonyl (C=O) groups excluding carboxylic acids is 1. The van der Waals surface area contributed by atoms with E-state index in [0.717, 1.165) is 6.42 Å². The van der Waals surface area contributed by atoms with Crippen LogP contribution in [0.25, 0.3) is 0 Å². The number of ether oxygens (including phenoxy) is 2. The molecule has 112 valence electrons. The van der Waals surface area contributed by atoms with Gasteiger partial charge in [0.25, 0.3) is 5.91 Å². The Morgan fingerprint density at radius 3 is 2.50 bits per heavy atom. The van der Waals surface area contributed by atoms with Crippen LogP contribution in [0.2, 0.25) is 0 Å². The van der Waals surface area contributed by atoms with Crippen molar-refractivity contribution in [3.63, 3.8) is 0 Å². The van der Waals surface area contributed by atoms with Crippen molar-refractivity contribution in [1.82, 2.24) is 4.90 Å². The molecule has 0 atom stereocenters. The number of rotatable bonds is 9. The molecule has 1 N–H and O–H groups in total. The Morgan fingerprint density at radius 2 is 1.95 bits per heavy atom. The molecule has 20 heavy (non-hydrogen) atoms. The van der Waals surface area contributed by atoms with Crippen LogP contribution in [-0.4, -0.2) is 55.9 Å². The molecule has 1 amide bonds. The zero-order valence-corrected chi connectivity index (χ0v) is 12.2. The topological polar surface area (TPSA) is 59.0 Å². The molecule has 0 aromatic heterocycles. The van der Waals surface area contributed by atoms with Gasteiger partial charge in [-0.3, -0.25) is 4.79 Å². The van der Waals surface area contributed by atoms with Crippen molar-refractivity contribution < 1.29 is 19.4 Å². The Bertz CT molecular complexity index is 391. The van der Waals surface area contributed by atoms with Gasteiger partial charge in [-0.25, -0.2) is 0 Å². The second-order valence-corrected chi connectivity index (χ2v) is 4.38. The first-order valence-corrected chi connectivity index (χ1v) is 6.80. The summed E-state index contributed by atoms with van der Waals surface area (Å²) >= 11 is 0. The summed E-state index contributed by atoms with van der Waals surface area (Å²) in [6, 6.07) is 7.68. The van der Waals surface area contributed by atoms with E-state index in [2.05, 4.69) is 6.92 Å². The average molecular weight is 281 g/mol. The normalized spacial score (nSPS) is 10.3. The summed E-state index contributed by atoms with van der Waals surface area (Å²) < 4.78 is 10.4. The molecular formula is C15H23NO4. The molecule has 5 nitrogen and oxygen atoms in total. The highest BCUT2D eigenvalue weighted by atomic mass is 16.5. The summed E-state index contributed by atoms with van der Waals surface area (Å²) in [6.45, 7) is 3.17. The molecule has 0 saturated carbocycles. The lowest BCUT2D eigenvalue weighted by atomic mass is 10.2. The van der Waals surface area contributed by atoms with E-state index in [9.17, 15) is 4.79 Å². The van der Waals surface area contributed by atoms with Gasteiger partial charge < -0.3 is 19.5 Å². The predicted octanol–water partition coefficient (Wildman–Crippen LogP) is 1.10. The Hall–Kier alpha value is -1.59. The van der Waals surface area contributed by atoms with Crippen LogP contribution in [0.15, 0.2) is 24.3 Å². The summed E-state index contributed by atoms with van der Waals surface area (Å²) in [5.41, 5.74) is 1.23. The SMILES string of the molecule is CCc1ccc(OCC(=O)N(CCO)CCOC)cc1. The van der Waals surface area contributed by atoms with Crippen molar-refractivity contribution in [3.8, 4) is 5.75 Å². The lowest BCUT2D eigenvalue weighted by Gasteiger charge is -2.21. The van der Waals surface area contributed by atoms with Gasteiger partial charge in [-0.05, 0) is 24.1 Å². The third kappa shape index (κ3) is 5.59. The summed E-state index contributed by atoms with van der Waals surface area (Å²) in [6.07, 6.45) is 0.973. The fourth-order valence-corrected chi connectivity index (χ4v) is 1.74.